The van der Waals surface area contributed by atoms with E-state index in [-0.39, 0.29) is 19.0 Å². The Hall–Kier alpha value is -1.25. The lowest BCUT2D eigenvalue weighted by molar-refractivity contribution is -0.147. The highest BCUT2D eigenvalue weighted by Gasteiger charge is 2.41. The molecule has 4 N–H and O–H groups in total. The molecule has 0 bridgehead atoms. The van der Waals surface area contributed by atoms with Crippen molar-refractivity contribution in [2.24, 2.45) is 5.92 Å². The average Bonchev–Trinajstić information content (AvgIpc) is 2.61. The van der Waals surface area contributed by atoms with E-state index in [0.29, 0.717) is 12.5 Å². The molecule has 3 rings (SSSR count). The highest BCUT2D eigenvalue weighted by Crippen LogP contribution is 2.27. The highest BCUT2D eigenvalue weighted by molar-refractivity contribution is 5.46. The Morgan fingerprint density at radius 1 is 1.00 bits per heavy atom. The van der Waals surface area contributed by atoms with E-state index >= 15 is 0 Å². The second kappa shape index (κ2) is 7.97. The van der Waals surface area contributed by atoms with Crippen LogP contribution in [0.1, 0.15) is 12.8 Å². The molecule has 25 heavy (non-hydrogen) atoms. The first kappa shape index (κ1) is 18.5. The van der Waals surface area contributed by atoms with Gasteiger partial charge in [-0.2, -0.15) is 0 Å². The average molecular weight is 354 g/mol. The van der Waals surface area contributed by atoms with Crippen molar-refractivity contribution in [3.05, 3.63) is 30.1 Å². The number of β-amino-alcohol motifs (C(OH)–C–C–N with tert-alkyl or cyclic N) is 1. The lowest BCUT2D eigenvalue weighted by Crippen LogP contribution is -2.63. The summed E-state index contributed by atoms with van der Waals surface area (Å²) in [5.74, 6) is 0.151. The van der Waals surface area contributed by atoms with Crippen LogP contribution in [0.15, 0.2) is 24.3 Å². The summed E-state index contributed by atoms with van der Waals surface area (Å²) in [4.78, 5) is 4.11. The number of hydrogen-bond donors (Lipinski definition) is 4. The van der Waals surface area contributed by atoms with Crippen LogP contribution in [0, 0.1) is 11.7 Å². The van der Waals surface area contributed by atoms with Crippen LogP contribution in [-0.2, 0) is 0 Å². The Bertz CT molecular complexity index is 551. The van der Waals surface area contributed by atoms with Crippen molar-refractivity contribution in [3.8, 4) is 0 Å². The number of aliphatic hydroxyl groups excluding tert-OH is 4. The van der Waals surface area contributed by atoms with Gasteiger partial charge in [0.15, 0.2) is 0 Å². The Balaban J connectivity index is 1.55. The summed E-state index contributed by atoms with van der Waals surface area (Å²) < 4.78 is 13.0. The molecule has 2 saturated heterocycles. The molecule has 0 aromatic heterocycles. The van der Waals surface area contributed by atoms with Gasteiger partial charge in [-0.3, -0.25) is 4.90 Å². The number of anilines is 1. The molecule has 140 valence electrons. The van der Waals surface area contributed by atoms with Gasteiger partial charge in [-0.1, -0.05) is 0 Å². The number of likely N-dealkylation sites (tertiary alicyclic amines) is 1. The van der Waals surface area contributed by atoms with Gasteiger partial charge in [0.05, 0.1) is 18.8 Å². The first-order chi connectivity index (χ1) is 12.0. The van der Waals surface area contributed by atoms with Gasteiger partial charge in [-0.15, -0.1) is 0 Å². The van der Waals surface area contributed by atoms with Gasteiger partial charge in [-0.05, 0) is 43.0 Å². The minimum atomic E-state index is -1.21. The topological polar surface area (TPSA) is 87.4 Å². The van der Waals surface area contributed by atoms with E-state index < -0.39 is 24.4 Å². The molecule has 0 radical (unpaired) electrons. The van der Waals surface area contributed by atoms with Crippen molar-refractivity contribution in [2.45, 2.75) is 37.2 Å². The number of piperidine rings is 2. The number of benzene rings is 1. The second-order valence-corrected chi connectivity index (χ2v) is 7.16. The Kier molecular flexibility index (Phi) is 5.91. The smallest absolute Gasteiger partial charge is 0.123 e. The fourth-order valence-corrected chi connectivity index (χ4v) is 3.95. The molecule has 1 aromatic rings. The van der Waals surface area contributed by atoms with E-state index in [0.717, 1.165) is 31.6 Å². The quantitative estimate of drug-likeness (QED) is 0.599. The van der Waals surface area contributed by atoms with Crippen molar-refractivity contribution in [1.29, 1.82) is 0 Å². The molecule has 2 fully saturated rings. The van der Waals surface area contributed by atoms with Gasteiger partial charge in [0.25, 0.3) is 0 Å². The number of nitrogens with zero attached hydrogens (tertiary/aromatic N) is 2. The largest absolute Gasteiger partial charge is 0.395 e. The lowest BCUT2D eigenvalue weighted by atomic mass is 9.90. The van der Waals surface area contributed by atoms with E-state index in [2.05, 4.69) is 4.90 Å². The standard InChI is InChI=1S/C18H27FN2O4/c19-13-1-3-14(4-2-13)20-7-5-12(6-8-20)9-21-10-16(23)18(25)17(24)15(21)11-22/h1-4,12,15-18,22-25H,5-11H2/t15-,16-,17+,18+/m0/s1. The SMILES string of the molecule is OC[C@H]1[C@@H](O)[C@H](O)[C@@H](O)CN1CC1CCN(c2ccc(F)cc2)CC1. The van der Waals surface area contributed by atoms with E-state index in [1.165, 1.54) is 12.1 Å². The third-order valence-corrected chi connectivity index (χ3v) is 5.52. The van der Waals surface area contributed by atoms with Gasteiger partial charge < -0.3 is 25.3 Å². The van der Waals surface area contributed by atoms with E-state index in [4.69, 9.17) is 0 Å². The molecule has 4 atom stereocenters. The zero-order valence-electron chi connectivity index (χ0n) is 14.2. The van der Waals surface area contributed by atoms with Crippen LogP contribution in [0.3, 0.4) is 0 Å². The van der Waals surface area contributed by atoms with E-state index in [9.17, 15) is 24.8 Å². The molecule has 6 nitrogen and oxygen atoms in total. The Morgan fingerprint density at radius 2 is 1.64 bits per heavy atom. The summed E-state index contributed by atoms with van der Waals surface area (Å²) in [5.41, 5.74) is 1.01. The first-order valence-corrected chi connectivity index (χ1v) is 8.89. The Morgan fingerprint density at radius 3 is 2.24 bits per heavy atom. The molecule has 2 aliphatic heterocycles. The van der Waals surface area contributed by atoms with Crippen LogP contribution in [0.2, 0.25) is 0 Å². The van der Waals surface area contributed by atoms with E-state index in [1.54, 1.807) is 12.1 Å². The summed E-state index contributed by atoms with van der Waals surface area (Å²) >= 11 is 0. The maximum atomic E-state index is 13.0. The van der Waals surface area contributed by atoms with Crippen LogP contribution in [0.4, 0.5) is 10.1 Å². The van der Waals surface area contributed by atoms with Crippen molar-refractivity contribution >= 4 is 5.69 Å². The predicted molar refractivity (Wildman–Crippen MR) is 91.8 cm³/mol. The van der Waals surface area contributed by atoms with Crippen LogP contribution >= 0.6 is 0 Å². The molecule has 0 saturated carbocycles. The molecular weight excluding hydrogens is 327 g/mol. The molecule has 2 aliphatic rings. The summed E-state index contributed by atoms with van der Waals surface area (Å²) in [5, 5.41) is 39.3. The molecule has 0 amide bonds. The zero-order valence-corrected chi connectivity index (χ0v) is 14.2. The number of halogens is 1. The van der Waals surface area contributed by atoms with Crippen molar-refractivity contribution < 1.29 is 24.8 Å². The van der Waals surface area contributed by atoms with Gasteiger partial charge in [0, 0.05) is 31.9 Å². The summed E-state index contributed by atoms with van der Waals surface area (Å²) in [7, 11) is 0. The van der Waals surface area contributed by atoms with Crippen LogP contribution in [0.5, 0.6) is 0 Å². The number of rotatable bonds is 4. The summed E-state index contributed by atoms with van der Waals surface area (Å²) in [6.45, 7) is 2.40. The second-order valence-electron chi connectivity index (χ2n) is 7.16. The predicted octanol–water partition coefficient (Wildman–Crippen LogP) is -0.199. The monoisotopic (exact) mass is 354 g/mol. The molecule has 2 heterocycles. The van der Waals surface area contributed by atoms with Crippen molar-refractivity contribution in [1.82, 2.24) is 4.90 Å². The van der Waals surface area contributed by atoms with Gasteiger partial charge in [0.1, 0.15) is 18.0 Å². The molecule has 0 unspecified atom stereocenters. The minimum absolute atomic E-state index is 0.238. The lowest BCUT2D eigenvalue weighted by Gasteiger charge is -2.45. The zero-order chi connectivity index (χ0) is 18.0. The molecule has 1 aromatic carbocycles. The summed E-state index contributed by atoms with van der Waals surface area (Å²) in [6, 6.07) is 5.96. The number of hydrogen-bond acceptors (Lipinski definition) is 6. The number of aliphatic hydroxyl groups is 4. The van der Waals surface area contributed by atoms with E-state index in [1.807, 2.05) is 4.90 Å². The van der Waals surface area contributed by atoms with Crippen LogP contribution in [-0.4, -0.2) is 82.5 Å². The van der Waals surface area contributed by atoms with Crippen LogP contribution in [0.25, 0.3) is 0 Å². The first-order valence-electron chi connectivity index (χ1n) is 8.89. The van der Waals surface area contributed by atoms with Gasteiger partial charge in [0.2, 0.25) is 0 Å². The maximum absolute atomic E-state index is 13.0. The van der Waals surface area contributed by atoms with Crippen LogP contribution < -0.4 is 4.90 Å². The minimum Gasteiger partial charge on any atom is -0.395 e. The van der Waals surface area contributed by atoms with Gasteiger partial charge in [-0.25, -0.2) is 4.39 Å². The molecule has 7 heteroatoms. The molecular formula is C18H27FN2O4. The van der Waals surface area contributed by atoms with Crippen molar-refractivity contribution in [3.63, 3.8) is 0 Å². The fourth-order valence-electron chi connectivity index (χ4n) is 3.95. The highest BCUT2D eigenvalue weighted by atomic mass is 19.1. The van der Waals surface area contributed by atoms with Crippen molar-refractivity contribution in [2.75, 3.05) is 37.7 Å². The summed E-state index contributed by atoms with van der Waals surface area (Å²) in [6.07, 6.45) is -1.47. The Labute approximate surface area is 147 Å². The molecule has 0 spiro atoms. The maximum Gasteiger partial charge on any atom is 0.123 e. The fraction of sp³-hybridized carbons (Fsp3) is 0.667. The third-order valence-electron chi connectivity index (χ3n) is 5.52. The van der Waals surface area contributed by atoms with Gasteiger partial charge >= 0.3 is 0 Å². The molecule has 0 aliphatic carbocycles. The normalized spacial score (nSPS) is 32.1. The third kappa shape index (κ3) is 4.12.